The fourth-order valence-corrected chi connectivity index (χ4v) is 2.36. The van der Waals surface area contributed by atoms with Crippen molar-refractivity contribution in [2.75, 3.05) is 6.54 Å². The van der Waals surface area contributed by atoms with Crippen LogP contribution in [0.2, 0.25) is 0 Å². The molecule has 116 valence electrons. The minimum Gasteiger partial charge on any atom is -0.459 e. The average Bonchev–Trinajstić information content (AvgIpc) is 2.87. The van der Waals surface area contributed by atoms with Crippen molar-refractivity contribution < 1.29 is 9.21 Å². The molecule has 1 heterocycles. The van der Waals surface area contributed by atoms with E-state index in [2.05, 4.69) is 0 Å². The van der Waals surface area contributed by atoms with Crippen LogP contribution in [0.5, 0.6) is 0 Å². The first-order chi connectivity index (χ1) is 9.54. The molecule has 0 aliphatic rings. The lowest BCUT2D eigenvalue weighted by Crippen LogP contribution is -2.43. The number of para-hydroxylation sites is 1. The maximum Gasteiger partial charge on any atom is 0.239 e. The molecule has 1 aromatic heterocycles. The summed E-state index contributed by atoms with van der Waals surface area (Å²) in [5.74, 6) is 0.758. The zero-order valence-electron chi connectivity index (χ0n) is 12.7. The van der Waals surface area contributed by atoms with E-state index in [0.29, 0.717) is 6.54 Å². The van der Waals surface area contributed by atoms with Crippen molar-refractivity contribution in [3.05, 3.63) is 36.1 Å². The van der Waals surface area contributed by atoms with Gasteiger partial charge in [-0.1, -0.05) is 25.1 Å². The molecule has 2 aromatic rings. The molecule has 21 heavy (non-hydrogen) atoms. The molecule has 0 saturated heterocycles. The molecule has 2 N–H and O–H groups in total. The Bertz CT molecular complexity index is 562. The lowest BCUT2D eigenvalue weighted by Gasteiger charge is -2.29. The molecule has 1 amide bonds. The number of hydrogen-bond donors (Lipinski definition) is 1. The lowest BCUT2D eigenvalue weighted by atomic mass is 10.1. The van der Waals surface area contributed by atoms with Crippen molar-refractivity contribution in [1.82, 2.24) is 4.90 Å². The minimum absolute atomic E-state index is 0. The van der Waals surface area contributed by atoms with Gasteiger partial charge in [-0.25, -0.2) is 0 Å². The highest BCUT2D eigenvalue weighted by Gasteiger charge is 2.25. The highest BCUT2D eigenvalue weighted by Crippen LogP contribution is 2.27. The predicted octanol–water partition coefficient (Wildman–Crippen LogP) is 3.50. The number of hydrogen-bond acceptors (Lipinski definition) is 3. The molecule has 2 atom stereocenters. The van der Waals surface area contributed by atoms with Gasteiger partial charge in [0.15, 0.2) is 0 Å². The first kappa shape index (κ1) is 17.5. The summed E-state index contributed by atoms with van der Waals surface area (Å²) in [6.45, 7) is 6.43. The largest absolute Gasteiger partial charge is 0.459 e. The molecule has 5 heteroatoms. The SMILES string of the molecule is CCCN(C(=O)[C@H](C)N)C(C)c1cc2ccccc2o1.Cl. The van der Waals surface area contributed by atoms with Crippen LogP contribution in [0.15, 0.2) is 34.7 Å². The summed E-state index contributed by atoms with van der Waals surface area (Å²) < 4.78 is 5.85. The first-order valence-electron chi connectivity index (χ1n) is 7.09. The normalized spacial score (nSPS) is 13.5. The van der Waals surface area contributed by atoms with Crippen LogP contribution in [0.25, 0.3) is 11.0 Å². The van der Waals surface area contributed by atoms with Crippen LogP contribution in [0.3, 0.4) is 0 Å². The first-order valence-corrected chi connectivity index (χ1v) is 7.09. The summed E-state index contributed by atoms with van der Waals surface area (Å²) in [7, 11) is 0. The second-order valence-corrected chi connectivity index (χ2v) is 5.18. The van der Waals surface area contributed by atoms with Gasteiger partial charge in [-0.2, -0.15) is 0 Å². The summed E-state index contributed by atoms with van der Waals surface area (Å²) in [4.78, 5) is 14.0. The number of carbonyl (C=O) groups excluding carboxylic acids is 1. The quantitative estimate of drug-likeness (QED) is 0.919. The Balaban J connectivity index is 0.00000220. The monoisotopic (exact) mass is 310 g/mol. The fourth-order valence-electron chi connectivity index (χ4n) is 2.36. The van der Waals surface area contributed by atoms with Gasteiger partial charge < -0.3 is 15.1 Å². The van der Waals surface area contributed by atoms with Crippen LogP contribution < -0.4 is 5.73 Å². The molecule has 4 nitrogen and oxygen atoms in total. The number of fused-ring (bicyclic) bond motifs is 1. The molecular formula is C16H23ClN2O2. The molecule has 0 aliphatic carbocycles. The van der Waals surface area contributed by atoms with Crippen molar-refractivity contribution in [3.8, 4) is 0 Å². The summed E-state index contributed by atoms with van der Waals surface area (Å²) in [5.41, 5.74) is 6.58. The third-order valence-electron chi connectivity index (χ3n) is 3.46. The van der Waals surface area contributed by atoms with Gasteiger partial charge in [0, 0.05) is 11.9 Å². The second kappa shape index (κ2) is 7.48. The molecule has 0 aliphatic heterocycles. The molecular weight excluding hydrogens is 288 g/mol. The van der Waals surface area contributed by atoms with Crippen molar-refractivity contribution in [2.45, 2.75) is 39.3 Å². The van der Waals surface area contributed by atoms with E-state index in [4.69, 9.17) is 10.2 Å². The molecule has 0 saturated carbocycles. The van der Waals surface area contributed by atoms with Gasteiger partial charge in [0.1, 0.15) is 11.3 Å². The summed E-state index contributed by atoms with van der Waals surface area (Å²) in [5, 5.41) is 1.05. The maximum atomic E-state index is 12.2. The van der Waals surface area contributed by atoms with Crippen LogP contribution in [0, 0.1) is 0 Å². The van der Waals surface area contributed by atoms with Crippen LogP contribution in [-0.2, 0) is 4.79 Å². The average molecular weight is 311 g/mol. The Kier molecular flexibility index (Phi) is 6.24. The number of carbonyl (C=O) groups is 1. The van der Waals surface area contributed by atoms with E-state index >= 15 is 0 Å². The molecule has 0 radical (unpaired) electrons. The van der Waals surface area contributed by atoms with Crippen molar-refractivity contribution in [1.29, 1.82) is 0 Å². The van der Waals surface area contributed by atoms with E-state index in [1.54, 1.807) is 11.8 Å². The number of rotatable bonds is 5. The second-order valence-electron chi connectivity index (χ2n) is 5.18. The number of benzene rings is 1. The predicted molar refractivity (Wildman–Crippen MR) is 87.5 cm³/mol. The van der Waals surface area contributed by atoms with E-state index < -0.39 is 6.04 Å². The van der Waals surface area contributed by atoms with Crippen LogP contribution in [0.1, 0.15) is 39.0 Å². The zero-order valence-corrected chi connectivity index (χ0v) is 13.5. The number of furan rings is 1. The zero-order chi connectivity index (χ0) is 14.7. The molecule has 0 bridgehead atoms. The number of halogens is 1. The van der Waals surface area contributed by atoms with Crippen molar-refractivity contribution >= 4 is 29.3 Å². The van der Waals surface area contributed by atoms with E-state index in [0.717, 1.165) is 23.2 Å². The van der Waals surface area contributed by atoms with Gasteiger partial charge in [0.25, 0.3) is 0 Å². The minimum atomic E-state index is -0.492. The third kappa shape index (κ3) is 3.77. The fraction of sp³-hybridized carbons (Fsp3) is 0.438. The summed E-state index contributed by atoms with van der Waals surface area (Å²) in [6, 6.07) is 9.25. The molecule has 0 spiro atoms. The van der Waals surface area contributed by atoms with Crippen molar-refractivity contribution in [2.24, 2.45) is 5.73 Å². The molecule has 2 rings (SSSR count). The van der Waals surface area contributed by atoms with E-state index in [1.165, 1.54) is 0 Å². The van der Waals surface area contributed by atoms with Crippen LogP contribution in [-0.4, -0.2) is 23.4 Å². The van der Waals surface area contributed by atoms with E-state index in [-0.39, 0.29) is 24.4 Å². The van der Waals surface area contributed by atoms with Crippen molar-refractivity contribution in [3.63, 3.8) is 0 Å². The smallest absolute Gasteiger partial charge is 0.239 e. The highest BCUT2D eigenvalue weighted by atomic mass is 35.5. The molecule has 0 fully saturated rings. The van der Waals surface area contributed by atoms with E-state index in [9.17, 15) is 4.79 Å². The maximum absolute atomic E-state index is 12.2. The lowest BCUT2D eigenvalue weighted by molar-refractivity contribution is -0.134. The Morgan fingerprint density at radius 2 is 2.00 bits per heavy atom. The summed E-state index contributed by atoms with van der Waals surface area (Å²) in [6.07, 6.45) is 0.892. The van der Waals surface area contributed by atoms with Gasteiger partial charge in [0.05, 0.1) is 12.1 Å². The Morgan fingerprint density at radius 3 is 2.57 bits per heavy atom. The Labute approximate surface area is 131 Å². The van der Waals surface area contributed by atoms with Gasteiger partial charge in [0.2, 0.25) is 5.91 Å². The molecule has 1 unspecified atom stereocenters. The van der Waals surface area contributed by atoms with Crippen LogP contribution >= 0.6 is 12.4 Å². The van der Waals surface area contributed by atoms with Gasteiger partial charge in [-0.05, 0) is 32.4 Å². The van der Waals surface area contributed by atoms with E-state index in [1.807, 2.05) is 44.2 Å². The standard InChI is InChI=1S/C16H22N2O2.ClH/c1-4-9-18(16(19)11(2)17)12(3)15-10-13-7-5-6-8-14(13)20-15;/h5-8,10-12H,4,9,17H2,1-3H3;1H/t11-,12?;/m0./s1. The Hall–Kier alpha value is -1.52. The number of nitrogens with zero attached hydrogens (tertiary/aromatic N) is 1. The topological polar surface area (TPSA) is 59.5 Å². The van der Waals surface area contributed by atoms with Gasteiger partial charge in [-0.3, -0.25) is 4.79 Å². The highest BCUT2D eigenvalue weighted by molar-refractivity contribution is 5.85. The number of nitrogens with two attached hydrogens (primary N) is 1. The molecule has 1 aromatic carbocycles. The Morgan fingerprint density at radius 1 is 1.33 bits per heavy atom. The van der Waals surface area contributed by atoms with Gasteiger partial charge >= 0.3 is 0 Å². The van der Waals surface area contributed by atoms with Gasteiger partial charge in [-0.15, -0.1) is 12.4 Å². The third-order valence-corrected chi connectivity index (χ3v) is 3.46. The van der Waals surface area contributed by atoms with Crippen LogP contribution in [0.4, 0.5) is 0 Å². The number of amides is 1. The summed E-state index contributed by atoms with van der Waals surface area (Å²) >= 11 is 0.